The van der Waals surface area contributed by atoms with E-state index in [9.17, 15) is 0 Å². The summed E-state index contributed by atoms with van der Waals surface area (Å²) in [5.74, 6) is 0. The largest absolute Gasteiger partial charge is 0.337 e. The van der Waals surface area contributed by atoms with Gasteiger partial charge in [-0.05, 0) is 14.1 Å². The van der Waals surface area contributed by atoms with E-state index in [2.05, 4.69) is 0 Å². The van der Waals surface area contributed by atoms with Crippen molar-refractivity contribution >= 4 is 10.3 Å². The molecule has 0 saturated heterocycles. The Kier molecular flexibility index (Phi) is 0.901. The van der Waals surface area contributed by atoms with Gasteiger partial charge in [0, 0.05) is 1.23 Å². The van der Waals surface area contributed by atoms with Gasteiger partial charge in [-0.1, -0.05) is 0 Å². The minimum Gasteiger partial charge on any atom is -0.337 e. The second kappa shape index (κ2) is 1.49. The van der Waals surface area contributed by atoms with E-state index >= 15 is 0 Å². The molecule has 0 aliphatic rings. The maximum absolute atomic E-state index is 6.72. The van der Waals surface area contributed by atoms with Crippen molar-refractivity contribution in [1.82, 2.24) is 4.57 Å². The predicted molar refractivity (Wildman–Crippen MR) is 23.6 cm³/mol. The standard InChI is InChI=1S/C2H9NSi/c1-3(2)4/h1-2,4H3/i4D. The monoisotopic (exact) mass is 76.1 g/mol. The molecule has 0 aromatic carbocycles. The third kappa shape index (κ3) is 96.4. The molecule has 0 aromatic heterocycles. The first-order chi connectivity index (χ1) is 2.27. The fourth-order valence-corrected chi connectivity index (χ4v) is 0. The fourth-order valence-electron chi connectivity index (χ4n) is 0. The molecule has 1 nitrogen and oxygen atoms in total. The molecule has 0 aliphatic carbocycles. The zero-order valence-corrected chi connectivity index (χ0v) is 4.57. The van der Waals surface area contributed by atoms with E-state index in [0.29, 0.717) is 0 Å². The molecule has 0 aromatic rings. The second-order valence-electron chi connectivity index (χ2n) is 1.08. The van der Waals surface area contributed by atoms with Crippen molar-refractivity contribution in [3.63, 3.8) is 0 Å². The van der Waals surface area contributed by atoms with E-state index in [-0.39, 0.29) is 0 Å². The third-order valence-electron chi connectivity index (χ3n) is 0. The second-order valence-corrected chi connectivity index (χ2v) is 2.34. The molecule has 2 heteroatoms. The summed E-state index contributed by atoms with van der Waals surface area (Å²) in [6, 6.07) is 0. The van der Waals surface area contributed by atoms with Gasteiger partial charge < -0.3 is 4.57 Å². The Morgan fingerprint density at radius 2 is 2.25 bits per heavy atom. The van der Waals surface area contributed by atoms with Gasteiger partial charge in [0.2, 0.25) is 0 Å². The number of rotatable bonds is 1. The van der Waals surface area contributed by atoms with Crippen LogP contribution >= 0.6 is 0 Å². The van der Waals surface area contributed by atoms with Gasteiger partial charge in [-0.15, -0.1) is 0 Å². The number of nitrogens with zero attached hydrogens (tertiary/aromatic N) is 1. The van der Waals surface area contributed by atoms with Gasteiger partial charge in [0.05, 0.1) is 10.3 Å². The topological polar surface area (TPSA) is 3.24 Å². The van der Waals surface area contributed by atoms with Crippen LogP contribution in [-0.2, 0) is 0 Å². The van der Waals surface area contributed by atoms with Gasteiger partial charge in [0.25, 0.3) is 0 Å². The van der Waals surface area contributed by atoms with Crippen LogP contribution in [0.1, 0.15) is 0 Å². The average Bonchev–Trinajstić information content (AvgIpc) is 1.38. The molecule has 0 spiro atoms. The van der Waals surface area contributed by atoms with Crippen LogP contribution in [0.4, 0.5) is 0 Å². The smallest absolute Gasteiger partial charge is 0.0777 e. The van der Waals surface area contributed by atoms with Gasteiger partial charge >= 0.3 is 0 Å². The number of hydrogen-bond acceptors (Lipinski definition) is 1. The summed E-state index contributed by atoms with van der Waals surface area (Å²) >= 11 is 0. The lowest BCUT2D eigenvalue weighted by atomic mass is 11.3. The molecular formula is C2H9NSi. The lowest BCUT2D eigenvalue weighted by molar-refractivity contribution is 0.679. The number of hydrogen-bond donors (Lipinski definition) is 0. The van der Waals surface area contributed by atoms with E-state index < -0.39 is 10.3 Å². The van der Waals surface area contributed by atoms with Gasteiger partial charge in [0.1, 0.15) is 0 Å². The molecule has 0 fully saturated rings. The lowest BCUT2D eigenvalue weighted by Gasteiger charge is -1.90. The Balaban J connectivity index is 2.54. The van der Waals surface area contributed by atoms with Crippen LogP contribution < -0.4 is 0 Å². The van der Waals surface area contributed by atoms with Crippen molar-refractivity contribution in [2.45, 2.75) is 0 Å². The molecule has 26 valence electrons. The van der Waals surface area contributed by atoms with Gasteiger partial charge in [0.15, 0.2) is 0 Å². The SMILES string of the molecule is [2H][SiH2]N(C)C. The summed E-state index contributed by atoms with van der Waals surface area (Å²) < 4.78 is 8.65. The first kappa shape index (κ1) is 2.42. The first-order valence-electron chi connectivity index (χ1n) is 1.92. The Morgan fingerprint density at radius 3 is 2.25 bits per heavy atom. The highest BCUT2D eigenvalue weighted by Crippen LogP contribution is 1.44. The Morgan fingerprint density at radius 1 is 2.00 bits per heavy atom. The predicted octanol–water partition coefficient (Wildman–Crippen LogP) is -1.17. The summed E-state index contributed by atoms with van der Waals surface area (Å²) in [6.07, 6.45) is 0. The lowest BCUT2D eigenvalue weighted by Crippen LogP contribution is -2.02. The van der Waals surface area contributed by atoms with Crippen molar-refractivity contribution < 1.29 is 0 Å². The molecule has 4 heavy (non-hydrogen) atoms. The van der Waals surface area contributed by atoms with E-state index in [1.165, 1.54) is 0 Å². The summed E-state index contributed by atoms with van der Waals surface area (Å²) in [5, 5.41) is 0. The molecular weight excluding hydrogens is 66.1 g/mol. The first-order valence-corrected chi connectivity index (χ1v) is 1.84. The maximum Gasteiger partial charge on any atom is 0.0777 e. The quantitative estimate of drug-likeness (QED) is 0.356. The van der Waals surface area contributed by atoms with Crippen molar-refractivity contribution in [3.8, 4) is 0 Å². The molecule has 0 heterocycles. The van der Waals surface area contributed by atoms with Crippen molar-refractivity contribution in [2.24, 2.45) is 0 Å². The van der Waals surface area contributed by atoms with E-state index in [1.807, 2.05) is 18.7 Å². The van der Waals surface area contributed by atoms with Crippen LogP contribution in [0.3, 0.4) is 0 Å². The van der Waals surface area contributed by atoms with Gasteiger partial charge in [-0.2, -0.15) is 0 Å². The van der Waals surface area contributed by atoms with E-state index in [4.69, 9.17) is 1.23 Å². The highest BCUT2D eigenvalue weighted by molar-refractivity contribution is 6.03. The van der Waals surface area contributed by atoms with E-state index in [0.717, 1.165) is 0 Å². The average molecular weight is 76.2 g/mol. The highest BCUT2D eigenvalue weighted by atomic mass is 28.2. The van der Waals surface area contributed by atoms with Crippen LogP contribution in [0.15, 0.2) is 0 Å². The highest BCUT2D eigenvalue weighted by Gasteiger charge is 1.58. The van der Waals surface area contributed by atoms with Gasteiger partial charge in [-0.3, -0.25) is 0 Å². The van der Waals surface area contributed by atoms with Crippen molar-refractivity contribution in [1.29, 1.82) is 1.23 Å². The third-order valence-corrected chi connectivity index (χ3v) is 0. The molecule has 0 aliphatic heterocycles. The molecule has 0 radical (unpaired) electrons. The van der Waals surface area contributed by atoms with Crippen LogP contribution in [0.25, 0.3) is 0 Å². The van der Waals surface area contributed by atoms with Crippen LogP contribution in [0, 0.1) is 0 Å². The molecule has 0 amide bonds. The van der Waals surface area contributed by atoms with Crippen LogP contribution in [0.2, 0.25) is 0 Å². The summed E-state index contributed by atoms with van der Waals surface area (Å²) in [6.45, 7) is 0. The zero-order chi connectivity index (χ0) is 4.28. The maximum atomic E-state index is 6.72. The minimum atomic E-state index is -0.568. The molecule has 0 unspecified atom stereocenters. The summed E-state index contributed by atoms with van der Waals surface area (Å²) in [4.78, 5) is 0. The summed E-state index contributed by atoms with van der Waals surface area (Å²) in [5.41, 5.74) is 0. The van der Waals surface area contributed by atoms with Gasteiger partial charge in [-0.25, -0.2) is 0 Å². The molecule has 0 rings (SSSR count). The molecule has 0 N–H and O–H groups in total. The van der Waals surface area contributed by atoms with Crippen molar-refractivity contribution in [3.05, 3.63) is 0 Å². The van der Waals surface area contributed by atoms with E-state index in [1.54, 1.807) is 0 Å². The summed E-state index contributed by atoms with van der Waals surface area (Å²) in [7, 11) is 3.29. The van der Waals surface area contributed by atoms with Crippen LogP contribution in [-0.4, -0.2) is 30.2 Å². The fraction of sp³-hybridized carbons (Fsp3) is 1.00. The zero-order valence-electron chi connectivity index (χ0n) is 4.15. The molecule has 0 saturated carbocycles. The molecule has 0 atom stereocenters. The minimum absolute atomic E-state index is 0.568. The van der Waals surface area contributed by atoms with Crippen LogP contribution in [0.5, 0.6) is 0 Å². The Labute approximate surface area is 31.3 Å². The Hall–Kier alpha value is 0.177. The normalized spacial score (nSPS) is 15.2. The molecule has 0 bridgehead atoms. The van der Waals surface area contributed by atoms with Crippen molar-refractivity contribution in [2.75, 3.05) is 14.1 Å². The Bertz CT molecular complexity index is 23.6.